The van der Waals surface area contributed by atoms with Crippen LogP contribution in [0.15, 0.2) is 60.2 Å². The van der Waals surface area contributed by atoms with Gasteiger partial charge in [-0.1, -0.05) is 59.7 Å². The molecule has 1 fully saturated rings. The average Bonchev–Trinajstić information content (AvgIpc) is 3.02. The van der Waals surface area contributed by atoms with Gasteiger partial charge in [-0.2, -0.15) is 0 Å². The fourth-order valence-electron chi connectivity index (χ4n) is 3.02. The van der Waals surface area contributed by atoms with Gasteiger partial charge in [0.25, 0.3) is 0 Å². The highest BCUT2D eigenvalue weighted by atomic mass is 35.5. The Morgan fingerprint density at radius 3 is 2.64 bits per heavy atom. The van der Waals surface area contributed by atoms with Crippen molar-refractivity contribution in [1.29, 1.82) is 0 Å². The molecular formula is C22H27ClN2O3. The Hall–Kier alpha value is -2.37. The highest BCUT2D eigenvalue weighted by molar-refractivity contribution is 6.30. The lowest BCUT2D eigenvalue weighted by Crippen LogP contribution is -2.45. The Balaban J connectivity index is 1.96. The number of hydrogen-bond donors (Lipinski definition) is 2. The van der Waals surface area contributed by atoms with E-state index in [0.717, 1.165) is 16.7 Å². The van der Waals surface area contributed by atoms with E-state index in [1.807, 2.05) is 44.2 Å². The zero-order valence-electron chi connectivity index (χ0n) is 16.3. The fraction of sp³-hybridized carbons (Fsp3) is 0.364. The summed E-state index contributed by atoms with van der Waals surface area (Å²) in [4.78, 5) is 26.7. The quantitative estimate of drug-likeness (QED) is 0.687. The summed E-state index contributed by atoms with van der Waals surface area (Å²) in [5, 5.41) is 13.5. The van der Waals surface area contributed by atoms with E-state index in [0.29, 0.717) is 11.6 Å². The van der Waals surface area contributed by atoms with Crippen molar-refractivity contribution in [1.82, 2.24) is 10.2 Å². The van der Waals surface area contributed by atoms with E-state index >= 15 is 0 Å². The summed E-state index contributed by atoms with van der Waals surface area (Å²) in [6.45, 7) is 8.06. The molecule has 1 aromatic rings. The molecule has 1 aromatic carbocycles. The number of nitrogens with one attached hydrogen (secondary N) is 1. The molecule has 2 rings (SSSR count). The Kier molecular flexibility index (Phi) is 8.03. The first kappa shape index (κ1) is 21.9. The Bertz CT molecular complexity index is 783. The lowest BCUT2D eigenvalue weighted by Gasteiger charge is -2.24. The topological polar surface area (TPSA) is 69.6 Å². The highest BCUT2D eigenvalue weighted by Gasteiger charge is 2.38. The predicted molar refractivity (Wildman–Crippen MR) is 112 cm³/mol. The number of aliphatic hydroxyl groups excluding tert-OH is 1. The maximum atomic E-state index is 12.7. The van der Waals surface area contributed by atoms with Gasteiger partial charge in [0.05, 0.1) is 6.10 Å². The van der Waals surface area contributed by atoms with Crippen molar-refractivity contribution in [2.75, 3.05) is 6.54 Å². The number of carbonyl (C=O) groups excluding carboxylic acids is 2. The molecular weight excluding hydrogens is 376 g/mol. The Labute approximate surface area is 171 Å². The second-order valence-corrected chi connectivity index (χ2v) is 7.63. The molecule has 0 aromatic heterocycles. The number of likely N-dealkylation sites (tertiary alicyclic amines) is 1. The predicted octanol–water partition coefficient (Wildman–Crippen LogP) is 3.39. The largest absolute Gasteiger partial charge is 0.391 e. The van der Waals surface area contributed by atoms with Crippen LogP contribution in [0.5, 0.6) is 0 Å². The molecule has 6 heteroatoms. The van der Waals surface area contributed by atoms with Gasteiger partial charge >= 0.3 is 0 Å². The van der Waals surface area contributed by atoms with Crippen LogP contribution in [0.25, 0.3) is 0 Å². The van der Waals surface area contributed by atoms with Crippen molar-refractivity contribution in [2.45, 2.75) is 45.4 Å². The number of hydrogen-bond acceptors (Lipinski definition) is 3. The highest BCUT2D eigenvalue weighted by Crippen LogP contribution is 2.21. The summed E-state index contributed by atoms with van der Waals surface area (Å²) in [5.74, 6) is -0.427. The van der Waals surface area contributed by atoms with Crippen molar-refractivity contribution in [3.05, 3.63) is 70.8 Å². The molecule has 0 saturated carbocycles. The third kappa shape index (κ3) is 6.66. The molecule has 1 aliphatic rings. The van der Waals surface area contributed by atoms with E-state index in [2.05, 4.69) is 11.9 Å². The van der Waals surface area contributed by atoms with Gasteiger partial charge in [-0.05, 0) is 31.5 Å². The van der Waals surface area contributed by atoms with Crippen LogP contribution < -0.4 is 5.32 Å². The van der Waals surface area contributed by atoms with Crippen molar-refractivity contribution in [3.63, 3.8) is 0 Å². The minimum absolute atomic E-state index is 0.166. The number of nitrogens with zero attached hydrogens (tertiary/aromatic N) is 1. The maximum absolute atomic E-state index is 12.7. The SMILES string of the molecule is C=C(C)/C=C\C=C(/C)CC(=O)N1C[C@H](O)C[C@H]1C(=O)NCc1ccc(Cl)cc1. The van der Waals surface area contributed by atoms with Crippen LogP contribution in [0.4, 0.5) is 0 Å². The van der Waals surface area contributed by atoms with Crippen LogP contribution >= 0.6 is 11.6 Å². The van der Waals surface area contributed by atoms with Gasteiger partial charge in [-0.15, -0.1) is 0 Å². The minimum Gasteiger partial charge on any atom is -0.391 e. The number of carbonyl (C=O) groups is 2. The van der Waals surface area contributed by atoms with Crippen molar-refractivity contribution >= 4 is 23.4 Å². The summed E-state index contributed by atoms with van der Waals surface area (Å²) in [6, 6.07) is 6.53. The Morgan fingerprint density at radius 1 is 1.32 bits per heavy atom. The van der Waals surface area contributed by atoms with Gasteiger partial charge in [0.1, 0.15) is 6.04 Å². The lowest BCUT2D eigenvalue weighted by atomic mass is 10.1. The van der Waals surface area contributed by atoms with Crippen LogP contribution in [-0.4, -0.2) is 40.5 Å². The molecule has 2 N–H and O–H groups in total. The second kappa shape index (κ2) is 10.2. The van der Waals surface area contributed by atoms with Gasteiger partial charge in [-0.3, -0.25) is 9.59 Å². The number of aliphatic hydroxyl groups is 1. The minimum atomic E-state index is -0.692. The van der Waals surface area contributed by atoms with Crippen LogP contribution in [0, 0.1) is 0 Å². The maximum Gasteiger partial charge on any atom is 0.243 e. The average molecular weight is 403 g/mol. The van der Waals surface area contributed by atoms with Crippen LogP contribution in [0.2, 0.25) is 5.02 Å². The molecule has 1 aliphatic heterocycles. The van der Waals surface area contributed by atoms with Crippen LogP contribution in [-0.2, 0) is 16.1 Å². The number of β-amino-alcohol motifs (C(OH)–C–C–N with tert-alkyl or cyclic N) is 1. The van der Waals surface area contributed by atoms with Crippen LogP contribution in [0.1, 0.15) is 32.3 Å². The molecule has 0 bridgehead atoms. The zero-order valence-corrected chi connectivity index (χ0v) is 17.1. The summed E-state index contributed by atoms with van der Waals surface area (Å²) in [6.07, 6.45) is 5.32. The first-order valence-corrected chi connectivity index (χ1v) is 9.63. The van der Waals surface area contributed by atoms with Gasteiger partial charge < -0.3 is 15.3 Å². The molecule has 2 atom stereocenters. The molecule has 2 amide bonds. The molecule has 150 valence electrons. The van der Waals surface area contributed by atoms with Gasteiger partial charge in [0.15, 0.2) is 0 Å². The van der Waals surface area contributed by atoms with Gasteiger partial charge in [0, 0.05) is 31.0 Å². The molecule has 0 radical (unpaired) electrons. The molecule has 5 nitrogen and oxygen atoms in total. The molecule has 0 aliphatic carbocycles. The van der Waals surface area contributed by atoms with Gasteiger partial charge in [0.2, 0.25) is 11.8 Å². The summed E-state index contributed by atoms with van der Waals surface area (Å²) >= 11 is 5.86. The standard InChI is InChI=1S/C22H27ClN2O3/c1-15(2)5-4-6-16(3)11-21(27)25-14-19(26)12-20(25)22(28)24-13-17-7-9-18(23)10-8-17/h4-10,19-20,26H,1,11-14H2,2-3H3,(H,24,28)/b5-4-,16-6+/t19-,20+/m1/s1. The molecule has 1 heterocycles. The second-order valence-electron chi connectivity index (χ2n) is 7.19. The summed E-state index contributed by atoms with van der Waals surface area (Å²) in [7, 11) is 0. The van der Waals surface area contributed by atoms with E-state index in [9.17, 15) is 14.7 Å². The first-order valence-electron chi connectivity index (χ1n) is 9.25. The number of benzene rings is 1. The van der Waals surface area contributed by atoms with Crippen molar-refractivity contribution in [3.8, 4) is 0 Å². The zero-order chi connectivity index (χ0) is 20.7. The number of amides is 2. The van der Waals surface area contributed by atoms with E-state index in [-0.39, 0.29) is 31.2 Å². The number of allylic oxidation sites excluding steroid dienone is 4. The van der Waals surface area contributed by atoms with Crippen molar-refractivity contribution < 1.29 is 14.7 Å². The third-order valence-electron chi connectivity index (χ3n) is 4.47. The molecule has 1 saturated heterocycles. The number of rotatable bonds is 7. The Morgan fingerprint density at radius 2 is 2.00 bits per heavy atom. The molecule has 0 spiro atoms. The fourth-order valence-corrected chi connectivity index (χ4v) is 3.15. The monoisotopic (exact) mass is 402 g/mol. The van der Waals surface area contributed by atoms with E-state index in [1.54, 1.807) is 12.1 Å². The van der Waals surface area contributed by atoms with E-state index < -0.39 is 12.1 Å². The first-order chi connectivity index (χ1) is 13.3. The van der Waals surface area contributed by atoms with Crippen molar-refractivity contribution in [2.24, 2.45) is 0 Å². The smallest absolute Gasteiger partial charge is 0.243 e. The molecule has 0 unspecified atom stereocenters. The molecule has 28 heavy (non-hydrogen) atoms. The van der Waals surface area contributed by atoms with E-state index in [1.165, 1.54) is 4.90 Å². The lowest BCUT2D eigenvalue weighted by molar-refractivity contribution is -0.138. The summed E-state index contributed by atoms with van der Waals surface area (Å²) < 4.78 is 0. The third-order valence-corrected chi connectivity index (χ3v) is 4.73. The van der Waals surface area contributed by atoms with Gasteiger partial charge in [-0.25, -0.2) is 0 Å². The normalized spacial score (nSPS) is 19.9. The number of halogens is 1. The van der Waals surface area contributed by atoms with E-state index in [4.69, 9.17) is 11.6 Å². The summed E-state index contributed by atoms with van der Waals surface area (Å²) in [5.41, 5.74) is 2.72. The van der Waals surface area contributed by atoms with Crippen LogP contribution in [0.3, 0.4) is 0 Å².